The molecule has 2 amide bonds. The second-order valence-corrected chi connectivity index (χ2v) is 4.96. The molecule has 0 saturated heterocycles. The fourth-order valence-electron chi connectivity index (χ4n) is 1.45. The third kappa shape index (κ3) is 4.06. The lowest BCUT2D eigenvalue weighted by molar-refractivity contribution is -0.114. The van der Waals surface area contributed by atoms with E-state index in [0.717, 1.165) is 25.0 Å². The number of thioether (sulfide) groups is 1. The van der Waals surface area contributed by atoms with Crippen molar-refractivity contribution in [3.63, 3.8) is 0 Å². The number of hydrogen-bond donors (Lipinski definition) is 3. The molecule has 4 N–H and O–H groups in total. The third-order valence-corrected chi connectivity index (χ3v) is 3.33. The maximum atomic E-state index is 11.4. The van der Waals surface area contributed by atoms with Crippen LogP contribution < -0.4 is 11.1 Å². The van der Waals surface area contributed by atoms with Gasteiger partial charge in [0, 0.05) is 6.92 Å². The van der Waals surface area contributed by atoms with Gasteiger partial charge in [-0.3, -0.25) is 14.7 Å². The second kappa shape index (κ2) is 7.05. The first-order valence-electron chi connectivity index (χ1n) is 5.84. The van der Waals surface area contributed by atoms with Crippen LogP contribution in [0.4, 0.5) is 5.82 Å². The van der Waals surface area contributed by atoms with E-state index in [1.807, 2.05) is 0 Å². The fraction of sp³-hybridized carbons (Fsp3) is 0.545. The fourth-order valence-corrected chi connectivity index (χ4v) is 2.44. The van der Waals surface area contributed by atoms with Crippen molar-refractivity contribution in [1.29, 1.82) is 0 Å². The van der Waals surface area contributed by atoms with Crippen LogP contribution in [0, 0.1) is 0 Å². The first-order valence-corrected chi connectivity index (χ1v) is 6.83. The van der Waals surface area contributed by atoms with Crippen LogP contribution in [0.2, 0.25) is 0 Å². The lowest BCUT2D eigenvalue weighted by atomic mass is 10.3. The molecule has 1 aromatic rings. The van der Waals surface area contributed by atoms with Crippen LogP contribution in [0.15, 0.2) is 5.03 Å². The van der Waals surface area contributed by atoms with Gasteiger partial charge < -0.3 is 11.1 Å². The zero-order chi connectivity index (χ0) is 13.5. The molecular formula is C11H18N4O2S. The largest absolute Gasteiger partial charge is 0.365 e. The minimum Gasteiger partial charge on any atom is -0.365 e. The maximum absolute atomic E-state index is 11.4. The van der Waals surface area contributed by atoms with E-state index in [-0.39, 0.29) is 17.3 Å². The Morgan fingerprint density at radius 1 is 1.44 bits per heavy atom. The van der Waals surface area contributed by atoms with Gasteiger partial charge in [-0.15, -0.1) is 11.8 Å². The molecule has 0 aliphatic heterocycles. The number of nitrogens with zero attached hydrogens (tertiary/aromatic N) is 1. The van der Waals surface area contributed by atoms with Gasteiger partial charge in [0.05, 0.1) is 0 Å². The lowest BCUT2D eigenvalue weighted by Crippen LogP contribution is -2.16. The average molecular weight is 270 g/mol. The number of aromatic amines is 1. The Morgan fingerprint density at radius 2 is 2.17 bits per heavy atom. The zero-order valence-electron chi connectivity index (χ0n) is 10.6. The number of amides is 2. The topological polar surface area (TPSA) is 101 Å². The molecule has 0 saturated carbocycles. The van der Waals surface area contributed by atoms with Crippen molar-refractivity contribution >= 4 is 29.4 Å². The highest BCUT2D eigenvalue weighted by atomic mass is 32.2. The Kier molecular flexibility index (Phi) is 5.70. The van der Waals surface area contributed by atoms with Crippen molar-refractivity contribution in [1.82, 2.24) is 10.2 Å². The van der Waals surface area contributed by atoms with E-state index in [1.165, 1.54) is 18.7 Å². The van der Waals surface area contributed by atoms with Gasteiger partial charge >= 0.3 is 0 Å². The van der Waals surface area contributed by atoms with E-state index >= 15 is 0 Å². The van der Waals surface area contributed by atoms with Gasteiger partial charge in [-0.25, -0.2) is 0 Å². The van der Waals surface area contributed by atoms with Gasteiger partial charge in [-0.1, -0.05) is 19.8 Å². The summed E-state index contributed by atoms with van der Waals surface area (Å²) in [7, 11) is 0. The summed E-state index contributed by atoms with van der Waals surface area (Å²) in [6, 6.07) is 0. The molecule has 0 fully saturated rings. The van der Waals surface area contributed by atoms with Gasteiger partial charge in [0.25, 0.3) is 5.91 Å². The summed E-state index contributed by atoms with van der Waals surface area (Å²) in [5.74, 6) is 0.278. The summed E-state index contributed by atoms with van der Waals surface area (Å²) in [5.41, 5.74) is 5.56. The van der Waals surface area contributed by atoms with Crippen LogP contribution in [0.25, 0.3) is 0 Å². The number of hydrogen-bond acceptors (Lipinski definition) is 4. The van der Waals surface area contributed by atoms with Crippen molar-refractivity contribution in [2.75, 3.05) is 11.1 Å². The summed E-state index contributed by atoms with van der Waals surface area (Å²) in [4.78, 5) is 22.4. The Morgan fingerprint density at radius 3 is 2.72 bits per heavy atom. The van der Waals surface area contributed by atoms with Gasteiger partial charge in [0.15, 0.2) is 0 Å². The number of rotatable bonds is 7. The summed E-state index contributed by atoms with van der Waals surface area (Å²) in [6.45, 7) is 3.49. The van der Waals surface area contributed by atoms with E-state index in [0.29, 0.717) is 5.03 Å². The van der Waals surface area contributed by atoms with Crippen molar-refractivity contribution in [2.45, 2.75) is 38.1 Å². The molecule has 100 valence electrons. The van der Waals surface area contributed by atoms with Crippen molar-refractivity contribution in [3.05, 3.63) is 5.56 Å². The molecule has 0 bridgehead atoms. The van der Waals surface area contributed by atoms with Gasteiger partial charge in [-0.2, -0.15) is 5.10 Å². The molecule has 0 aromatic carbocycles. The molecule has 0 spiro atoms. The Bertz CT molecular complexity index is 431. The number of nitrogens with two attached hydrogens (primary N) is 1. The SMILES string of the molecule is CCCCCSc1n[nH]c(NC(C)=O)c1C(N)=O. The predicted octanol–water partition coefficient (Wildman–Crippen LogP) is 1.75. The van der Waals surface area contributed by atoms with Crippen LogP contribution in [0.5, 0.6) is 0 Å². The average Bonchev–Trinajstić information content (AvgIpc) is 2.66. The van der Waals surface area contributed by atoms with Crippen molar-refractivity contribution in [3.8, 4) is 0 Å². The molecular weight excluding hydrogens is 252 g/mol. The van der Waals surface area contributed by atoms with E-state index in [9.17, 15) is 9.59 Å². The quantitative estimate of drug-likeness (QED) is 0.519. The predicted molar refractivity (Wildman–Crippen MR) is 71.7 cm³/mol. The minimum atomic E-state index is -0.592. The Labute approximate surface area is 110 Å². The van der Waals surface area contributed by atoms with E-state index in [2.05, 4.69) is 22.4 Å². The molecule has 1 heterocycles. The minimum absolute atomic E-state index is 0.256. The van der Waals surface area contributed by atoms with E-state index < -0.39 is 5.91 Å². The second-order valence-electron chi connectivity index (χ2n) is 3.88. The third-order valence-electron chi connectivity index (χ3n) is 2.27. The molecule has 1 rings (SSSR count). The van der Waals surface area contributed by atoms with Gasteiger partial charge in [0.2, 0.25) is 5.91 Å². The number of carbonyl (C=O) groups excluding carboxylic acids is 2. The molecule has 6 nitrogen and oxygen atoms in total. The lowest BCUT2D eigenvalue weighted by Gasteiger charge is -2.02. The van der Waals surface area contributed by atoms with Crippen molar-refractivity contribution < 1.29 is 9.59 Å². The van der Waals surface area contributed by atoms with Crippen LogP contribution in [0.3, 0.4) is 0 Å². The molecule has 0 aliphatic carbocycles. The maximum Gasteiger partial charge on any atom is 0.255 e. The van der Waals surface area contributed by atoms with Crippen LogP contribution in [-0.4, -0.2) is 27.8 Å². The molecule has 0 radical (unpaired) electrons. The monoisotopic (exact) mass is 270 g/mol. The Hall–Kier alpha value is -1.50. The van der Waals surface area contributed by atoms with Crippen LogP contribution in [0.1, 0.15) is 43.5 Å². The number of unbranched alkanes of at least 4 members (excludes halogenated alkanes) is 2. The van der Waals surface area contributed by atoms with E-state index in [4.69, 9.17) is 5.73 Å². The first kappa shape index (κ1) is 14.6. The standard InChI is InChI=1S/C11H18N4O2S/c1-3-4-5-6-18-11-8(9(12)17)10(14-15-11)13-7(2)16/h3-6H2,1-2H3,(H2,12,17)(H2,13,14,15,16). The number of nitrogens with one attached hydrogen (secondary N) is 2. The number of primary amides is 1. The van der Waals surface area contributed by atoms with Crippen LogP contribution in [-0.2, 0) is 4.79 Å². The van der Waals surface area contributed by atoms with Crippen molar-refractivity contribution in [2.24, 2.45) is 5.73 Å². The number of anilines is 1. The normalized spacial score (nSPS) is 10.3. The Balaban J connectivity index is 2.75. The highest BCUT2D eigenvalue weighted by Gasteiger charge is 2.19. The molecule has 7 heteroatoms. The summed E-state index contributed by atoms with van der Waals surface area (Å²) in [5, 5.41) is 9.68. The van der Waals surface area contributed by atoms with E-state index in [1.54, 1.807) is 0 Å². The smallest absolute Gasteiger partial charge is 0.255 e. The molecule has 1 aromatic heterocycles. The summed E-state index contributed by atoms with van der Waals surface area (Å²) >= 11 is 1.47. The molecule has 0 atom stereocenters. The zero-order valence-corrected chi connectivity index (χ0v) is 11.4. The van der Waals surface area contributed by atoms with Gasteiger partial charge in [-0.05, 0) is 12.2 Å². The number of H-pyrrole nitrogens is 1. The van der Waals surface area contributed by atoms with Gasteiger partial charge in [0.1, 0.15) is 16.4 Å². The highest BCUT2D eigenvalue weighted by Crippen LogP contribution is 2.26. The molecule has 0 unspecified atom stereocenters. The highest BCUT2D eigenvalue weighted by molar-refractivity contribution is 7.99. The molecule has 18 heavy (non-hydrogen) atoms. The number of carbonyl (C=O) groups is 2. The summed E-state index contributed by atoms with van der Waals surface area (Å²) < 4.78 is 0. The van der Waals surface area contributed by atoms with Crippen LogP contribution >= 0.6 is 11.8 Å². The molecule has 0 aliphatic rings. The first-order chi connectivity index (χ1) is 8.56. The summed E-state index contributed by atoms with van der Waals surface area (Å²) in [6.07, 6.45) is 3.34. The number of aromatic nitrogens is 2.